The summed E-state index contributed by atoms with van der Waals surface area (Å²) < 4.78 is 36.6. The number of benzene rings is 2. The summed E-state index contributed by atoms with van der Waals surface area (Å²) in [6, 6.07) is 7.81. The normalized spacial score (nSPS) is 11.7. The lowest BCUT2D eigenvalue weighted by Crippen LogP contribution is -2.27. The van der Waals surface area contributed by atoms with E-state index < -0.39 is 23.6 Å². The minimum absolute atomic E-state index is 0.0395. The Kier molecular flexibility index (Phi) is 5.16. The maximum atomic E-state index is 13.2. The lowest BCUT2D eigenvalue weighted by molar-refractivity contribution is 0.0939. The van der Waals surface area contributed by atoms with Gasteiger partial charge in [-0.15, -0.1) is 0 Å². The highest BCUT2D eigenvalue weighted by molar-refractivity contribution is 5.94. The summed E-state index contributed by atoms with van der Waals surface area (Å²) in [5.74, 6) is -1.37. The largest absolute Gasteiger partial charge is 0.497 e. The monoisotopic (exact) mass is 321 g/mol. The van der Waals surface area contributed by atoms with Gasteiger partial charge in [0.25, 0.3) is 5.91 Å². The molecule has 122 valence electrons. The van der Waals surface area contributed by atoms with Crippen molar-refractivity contribution >= 4 is 5.91 Å². The van der Waals surface area contributed by atoms with E-state index in [1.54, 1.807) is 25.1 Å². The van der Waals surface area contributed by atoms with Gasteiger partial charge in [0.15, 0.2) is 11.6 Å². The maximum absolute atomic E-state index is 13.2. The minimum Gasteiger partial charge on any atom is -0.497 e. The van der Waals surface area contributed by atoms with Crippen LogP contribution in [0.25, 0.3) is 0 Å². The molecule has 0 fully saturated rings. The first-order valence-corrected chi connectivity index (χ1v) is 6.94. The molecule has 0 spiro atoms. The molecule has 1 N–H and O–H groups in total. The summed E-state index contributed by atoms with van der Waals surface area (Å²) >= 11 is 0. The van der Waals surface area contributed by atoms with Gasteiger partial charge >= 0.3 is 0 Å². The number of ether oxygens (including phenoxy) is 2. The van der Waals surface area contributed by atoms with Crippen LogP contribution in [0.1, 0.15) is 28.9 Å². The number of amides is 1. The number of carbonyl (C=O) groups excluding carboxylic acids is 1. The molecule has 0 aliphatic heterocycles. The van der Waals surface area contributed by atoms with E-state index in [1.807, 2.05) is 0 Å². The molecule has 0 aromatic heterocycles. The molecule has 0 radical (unpaired) electrons. The van der Waals surface area contributed by atoms with E-state index >= 15 is 0 Å². The first-order valence-electron chi connectivity index (χ1n) is 6.94. The molecule has 23 heavy (non-hydrogen) atoms. The Labute approximate surface area is 133 Å². The highest BCUT2D eigenvalue weighted by atomic mass is 19.2. The van der Waals surface area contributed by atoms with Crippen LogP contribution in [0.5, 0.6) is 11.5 Å². The van der Waals surface area contributed by atoms with Crippen LogP contribution in [-0.4, -0.2) is 20.1 Å². The minimum atomic E-state index is -1.07. The van der Waals surface area contributed by atoms with E-state index in [0.29, 0.717) is 17.1 Å². The second-order valence-corrected chi connectivity index (χ2v) is 4.93. The summed E-state index contributed by atoms with van der Waals surface area (Å²) in [6.45, 7) is 1.76. The van der Waals surface area contributed by atoms with Crippen LogP contribution in [0, 0.1) is 11.6 Å². The van der Waals surface area contributed by atoms with E-state index in [2.05, 4.69) is 5.32 Å². The van der Waals surface area contributed by atoms with Crippen molar-refractivity contribution in [2.75, 3.05) is 14.2 Å². The van der Waals surface area contributed by atoms with E-state index in [-0.39, 0.29) is 5.56 Å². The molecule has 0 saturated carbocycles. The van der Waals surface area contributed by atoms with Gasteiger partial charge in [-0.25, -0.2) is 8.78 Å². The molecule has 1 atom stereocenters. The van der Waals surface area contributed by atoms with Crippen LogP contribution >= 0.6 is 0 Å². The van der Waals surface area contributed by atoms with E-state index in [4.69, 9.17) is 9.47 Å². The van der Waals surface area contributed by atoms with Crippen molar-refractivity contribution in [3.8, 4) is 11.5 Å². The average Bonchev–Trinajstić information content (AvgIpc) is 2.56. The zero-order valence-electron chi connectivity index (χ0n) is 13.0. The predicted molar refractivity (Wildman–Crippen MR) is 81.8 cm³/mol. The number of nitrogens with one attached hydrogen (secondary N) is 1. The smallest absolute Gasteiger partial charge is 0.251 e. The Hall–Kier alpha value is -2.63. The van der Waals surface area contributed by atoms with Crippen molar-refractivity contribution in [1.82, 2.24) is 5.32 Å². The van der Waals surface area contributed by atoms with Gasteiger partial charge in [-0.2, -0.15) is 0 Å². The van der Waals surface area contributed by atoms with Crippen molar-refractivity contribution in [2.45, 2.75) is 13.0 Å². The predicted octanol–water partition coefficient (Wildman–Crippen LogP) is 3.47. The van der Waals surface area contributed by atoms with Crippen molar-refractivity contribution < 1.29 is 23.0 Å². The number of methoxy groups -OCH3 is 2. The summed E-state index contributed by atoms with van der Waals surface area (Å²) in [4.78, 5) is 12.2. The molecule has 0 saturated heterocycles. The standard InChI is InChI=1S/C17H17F2NO3/c1-10(13-9-12(22-2)5-7-16(13)23-3)20-17(21)11-4-6-14(18)15(19)8-11/h4-10H,1-3H3,(H,20,21). The first-order chi connectivity index (χ1) is 11.0. The Morgan fingerprint density at radius 2 is 1.78 bits per heavy atom. The second kappa shape index (κ2) is 7.09. The fraction of sp³-hybridized carbons (Fsp3) is 0.235. The zero-order valence-corrected chi connectivity index (χ0v) is 13.0. The number of halogens is 2. The van der Waals surface area contributed by atoms with Gasteiger partial charge < -0.3 is 14.8 Å². The van der Waals surface area contributed by atoms with Crippen LogP contribution in [0.3, 0.4) is 0 Å². The molecule has 0 aliphatic carbocycles. The molecule has 0 aliphatic rings. The molecule has 1 amide bonds. The summed E-state index contributed by atoms with van der Waals surface area (Å²) in [5.41, 5.74) is 0.750. The number of hydrogen-bond donors (Lipinski definition) is 1. The Morgan fingerprint density at radius 1 is 1.04 bits per heavy atom. The van der Waals surface area contributed by atoms with Gasteiger partial charge in [0, 0.05) is 11.1 Å². The molecular formula is C17H17F2NO3. The first kappa shape index (κ1) is 16.7. The SMILES string of the molecule is COc1ccc(OC)c(C(C)NC(=O)c2ccc(F)c(F)c2)c1. The van der Waals surface area contributed by atoms with Crippen molar-refractivity contribution in [2.24, 2.45) is 0 Å². The summed E-state index contributed by atoms with van der Waals surface area (Å²) in [7, 11) is 3.06. The quantitative estimate of drug-likeness (QED) is 0.917. The lowest BCUT2D eigenvalue weighted by atomic mass is 10.1. The van der Waals surface area contributed by atoms with Crippen LogP contribution in [-0.2, 0) is 0 Å². The van der Waals surface area contributed by atoms with E-state index in [1.165, 1.54) is 20.3 Å². The average molecular weight is 321 g/mol. The highest BCUT2D eigenvalue weighted by Crippen LogP contribution is 2.29. The van der Waals surface area contributed by atoms with Crippen LogP contribution < -0.4 is 14.8 Å². The molecule has 0 heterocycles. The summed E-state index contributed by atoms with van der Waals surface area (Å²) in [5, 5.41) is 2.72. The number of carbonyl (C=O) groups is 1. The number of rotatable bonds is 5. The maximum Gasteiger partial charge on any atom is 0.251 e. The molecule has 6 heteroatoms. The van der Waals surface area contributed by atoms with Gasteiger partial charge in [0.1, 0.15) is 11.5 Å². The third-order valence-corrected chi connectivity index (χ3v) is 3.43. The fourth-order valence-corrected chi connectivity index (χ4v) is 2.17. The van der Waals surface area contributed by atoms with Gasteiger partial charge in [-0.3, -0.25) is 4.79 Å². The third-order valence-electron chi connectivity index (χ3n) is 3.43. The Morgan fingerprint density at radius 3 is 2.39 bits per heavy atom. The van der Waals surface area contributed by atoms with Gasteiger partial charge in [-0.05, 0) is 43.3 Å². The van der Waals surface area contributed by atoms with Crippen LogP contribution in [0.15, 0.2) is 36.4 Å². The molecule has 0 bridgehead atoms. The molecule has 2 aromatic carbocycles. The molecule has 1 unspecified atom stereocenters. The molecule has 2 aromatic rings. The Bertz CT molecular complexity index is 719. The summed E-state index contributed by atoms with van der Waals surface area (Å²) in [6.07, 6.45) is 0. The van der Waals surface area contributed by atoms with Crippen molar-refractivity contribution in [3.63, 3.8) is 0 Å². The zero-order chi connectivity index (χ0) is 17.0. The second-order valence-electron chi connectivity index (χ2n) is 4.93. The van der Waals surface area contributed by atoms with E-state index in [0.717, 1.165) is 12.1 Å². The highest BCUT2D eigenvalue weighted by Gasteiger charge is 2.17. The van der Waals surface area contributed by atoms with Crippen LogP contribution in [0.4, 0.5) is 8.78 Å². The molecule has 4 nitrogen and oxygen atoms in total. The van der Waals surface area contributed by atoms with E-state index in [9.17, 15) is 13.6 Å². The van der Waals surface area contributed by atoms with Gasteiger partial charge in [0.05, 0.1) is 20.3 Å². The lowest BCUT2D eigenvalue weighted by Gasteiger charge is -2.18. The third kappa shape index (κ3) is 3.77. The van der Waals surface area contributed by atoms with Gasteiger partial charge in [-0.1, -0.05) is 0 Å². The van der Waals surface area contributed by atoms with Crippen LogP contribution in [0.2, 0.25) is 0 Å². The van der Waals surface area contributed by atoms with Gasteiger partial charge in [0.2, 0.25) is 0 Å². The Balaban J connectivity index is 2.22. The topological polar surface area (TPSA) is 47.6 Å². The van der Waals surface area contributed by atoms with Crippen molar-refractivity contribution in [1.29, 1.82) is 0 Å². The molecule has 2 rings (SSSR count). The number of hydrogen-bond acceptors (Lipinski definition) is 3. The molecular weight excluding hydrogens is 304 g/mol. The van der Waals surface area contributed by atoms with Crippen molar-refractivity contribution in [3.05, 3.63) is 59.2 Å². The fourth-order valence-electron chi connectivity index (χ4n) is 2.17.